The Balaban J connectivity index is 1.43. The van der Waals surface area contributed by atoms with E-state index >= 15 is 0 Å². The summed E-state index contributed by atoms with van der Waals surface area (Å²) in [7, 11) is -2.31. The summed E-state index contributed by atoms with van der Waals surface area (Å²) in [4.78, 5) is 23.9. The standard InChI is InChI=1S/C44H56I6N6O4S/c1-7-18-53(22-23-54-20-16-51-17-21-54)24-25-55(19-8-2)36(57)28-44(5)35(56(29-61(58,59)60)33-27-31(46)40(48)42(50)38(33)44)15-13-11-9-10-12-14-34-43(3,4)37-32(52(34)6)26-30(45)39(47)41(37)49/h9-15,26-27,51H,7-8,16-25,28-29H2,1-6H3/p+1. The second kappa shape index (κ2) is 23.0. The Labute approximate surface area is 445 Å². The number of likely N-dealkylation sites (N-methyl/N-ethyl adjacent to an activating group) is 1. The molecule has 5 rings (SSSR count). The van der Waals surface area contributed by atoms with Gasteiger partial charge in [-0.2, -0.15) is 13.0 Å². The Hall–Kier alpha value is 0.510. The van der Waals surface area contributed by atoms with Crippen LogP contribution in [0, 0.1) is 21.4 Å². The molecule has 17 heteroatoms. The molecular weight excluding hydrogens is 1470 g/mol. The van der Waals surface area contributed by atoms with Gasteiger partial charge in [0.05, 0.1) is 11.0 Å². The van der Waals surface area contributed by atoms with E-state index in [1.807, 2.05) is 41.3 Å². The summed E-state index contributed by atoms with van der Waals surface area (Å²) >= 11 is 14.3. The third kappa shape index (κ3) is 12.5. The smallest absolute Gasteiger partial charge is 0.326 e. The van der Waals surface area contributed by atoms with Crippen LogP contribution in [0.4, 0.5) is 11.4 Å². The van der Waals surface area contributed by atoms with Crippen molar-refractivity contribution in [3.63, 3.8) is 0 Å². The monoisotopic (exact) mass is 1530 g/mol. The zero-order chi connectivity index (χ0) is 44.9. The molecule has 1 saturated heterocycles. The number of hydrogen-bond donors (Lipinski definition) is 2. The van der Waals surface area contributed by atoms with Gasteiger partial charge in [0, 0.05) is 128 Å². The molecular formula is C44H57I6N6O4S+. The highest BCUT2D eigenvalue weighted by Gasteiger charge is 2.52. The fourth-order valence-corrected chi connectivity index (χ4v) is 14.8. The van der Waals surface area contributed by atoms with Gasteiger partial charge < -0.3 is 20.0 Å². The number of benzene rings is 2. The number of allylic oxidation sites excluding steroid dienone is 8. The van der Waals surface area contributed by atoms with Crippen LogP contribution >= 0.6 is 136 Å². The Morgan fingerprint density at radius 3 is 2.08 bits per heavy atom. The van der Waals surface area contributed by atoms with E-state index in [2.05, 4.69) is 215 Å². The minimum Gasteiger partial charge on any atom is -0.347 e. The average Bonchev–Trinajstić information content (AvgIpc) is 3.52. The number of amides is 1. The summed E-state index contributed by atoms with van der Waals surface area (Å²) < 4.78 is 44.2. The second-order valence-electron chi connectivity index (χ2n) is 16.5. The Bertz CT molecular complexity index is 2240. The molecule has 10 nitrogen and oxygen atoms in total. The van der Waals surface area contributed by atoms with Gasteiger partial charge in [-0.05, 0) is 174 Å². The van der Waals surface area contributed by atoms with Crippen molar-refractivity contribution in [2.45, 2.75) is 64.7 Å². The summed E-state index contributed by atoms with van der Waals surface area (Å²) in [5.41, 5.74) is 5.03. The molecule has 3 aliphatic rings. The van der Waals surface area contributed by atoms with Crippen molar-refractivity contribution in [3.8, 4) is 0 Å². The first-order chi connectivity index (χ1) is 28.8. The van der Waals surface area contributed by atoms with Gasteiger partial charge in [-0.1, -0.05) is 58.1 Å². The van der Waals surface area contributed by atoms with E-state index in [1.165, 1.54) is 27.7 Å². The van der Waals surface area contributed by atoms with Crippen molar-refractivity contribution in [2.75, 3.05) is 83.3 Å². The maximum absolute atomic E-state index is 14.7. The molecule has 1 unspecified atom stereocenters. The van der Waals surface area contributed by atoms with Gasteiger partial charge in [0.15, 0.2) is 5.71 Å². The highest BCUT2D eigenvalue weighted by molar-refractivity contribution is 14.1. The van der Waals surface area contributed by atoms with E-state index in [0.717, 1.165) is 81.5 Å². The molecule has 0 saturated carbocycles. The maximum Gasteiger partial charge on any atom is 0.326 e. The lowest BCUT2D eigenvalue weighted by Crippen LogP contribution is -2.47. The third-order valence-corrected chi connectivity index (χ3v) is 22.5. The number of carbonyl (C=O) groups is 1. The molecule has 0 aromatic heterocycles. The van der Waals surface area contributed by atoms with Crippen molar-refractivity contribution in [1.82, 2.24) is 20.0 Å². The molecule has 0 bridgehead atoms. The predicted octanol–water partition coefficient (Wildman–Crippen LogP) is 9.74. The van der Waals surface area contributed by atoms with Crippen molar-refractivity contribution in [3.05, 3.63) is 92.9 Å². The van der Waals surface area contributed by atoms with Crippen LogP contribution in [0.15, 0.2) is 60.4 Å². The van der Waals surface area contributed by atoms with E-state index in [9.17, 15) is 17.8 Å². The number of halogens is 6. The van der Waals surface area contributed by atoms with E-state index in [4.69, 9.17) is 0 Å². The lowest BCUT2D eigenvalue weighted by Gasteiger charge is -2.32. The second-order valence-corrected chi connectivity index (χ2v) is 24.5. The van der Waals surface area contributed by atoms with Crippen LogP contribution < -0.4 is 10.2 Å². The van der Waals surface area contributed by atoms with E-state index in [1.54, 1.807) is 4.58 Å². The molecule has 1 atom stereocenters. The van der Waals surface area contributed by atoms with Gasteiger partial charge in [-0.15, -0.1) is 0 Å². The molecule has 61 heavy (non-hydrogen) atoms. The number of carbonyl (C=O) groups excluding carboxylic acids is 1. The summed E-state index contributed by atoms with van der Waals surface area (Å²) in [6.45, 7) is 20.1. The molecule has 3 heterocycles. The average molecular weight is 1530 g/mol. The normalized spacial score (nSPS) is 20.1. The van der Waals surface area contributed by atoms with Crippen LogP contribution in [0.25, 0.3) is 0 Å². The quantitative estimate of drug-likeness (QED) is 0.0501. The summed E-state index contributed by atoms with van der Waals surface area (Å²) in [5.74, 6) is -0.584. The molecule has 3 aliphatic heterocycles. The largest absolute Gasteiger partial charge is 0.347 e. The number of anilines is 1. The maximum atomic E-state index is 14.7. The lowest BCUT2D eigenvalue weighted by atomic mass is 9.76. The molecule has 2 aromatic carbocycles. The SMILES string of the molecule is CCCN(CCN1CCNCC1)CCN(CCC)C(=O)CC1(C)C(/C=C/C=C/C=C/C=C2\N(C)c3cc(I)c(I)c(I)c3C2(C)C)=[N+](CS(=O)(=O)O)c2cc(I)c(I)c(I)c21. The topological polar surface area (TPSA) is 99.4 Å². The van der Waals surface area contributed by atoms with Crippen LogP contribution in [0.5, 0.6) is 0 Å². The molecule has 0 radical (unpaired) electrons. The lowest BCUT2D eigenvalue weighted by molar-refractivity contribution is -0.416. The highest BCUT2D eigenvalue weighted by atomic mass is 127. The zero-order valence-electron chi connectivity index (χ0n) is 35.7. The van der Waals surface area contributed by atoms with Crippen LogP contribution in [-0.4, -0.2) is 122 Å². The first kappa shape index (κ1) is 52.5. The van der Waals surface area contributed by atoms with Crippen molar-refractivity contribution in [2.24, 2.45) is 0 Å². The molecule has 2 aromatic rings. The molecule has 0 aliphatic carbocycles. The first-order valence-corrected chi connectivity index (χ1v) is 28.7. The number of nitrogens with zero attached hydrogens (tertiary/aromatic N) is 5. The Morgan fingerprint density at radius 1 is 0.836 bits per heavy atom. The molecule has 2 N–H and O–H groups in total. The van der Waals surface area contributed by atoms with Crippen molar-refractivity contribution in [1.29, 1.82) is 0 Å². The molecule has 334 valence electrons. The van der Waals surface area contributed by atoms with Gasteiger partial charge >= 0.3 is 10.1 Å². The van der Waals surface area contributed by atoms with Gasteiger partial charge in [0.25, 0.3) is 5.88 Å². The van der Waals surface area contributed by atoms with Crippen molar-refractivity contribution >= 4 is 169 Å². The van der Waals surface area contributed by atoms with Crippen LogP contribution in [0.2, 0.25) is 0 Å². The first-order valence-electron chi connectivity index (χ1n) is 20.6. The fraction of sp³-hybridized carbons (Fsp3) is 0.500. The van der Waals surface area contributed by atoms with Crippen LogP contribution in [-0.2, 0) is 25.7 Å². The van der Waals surface area contributed by atoms with Gasteiger partial charge in [-0.3, -0.25) is 14.2 Å². The fourth-order valence-electron chi connectivity index (χ4n) is 8.73. The molecule has 0 spiro atoms. The van der Waals surface area contributed by atoms with Crippen LogP contribution in [0.1, 0.15) is 65.0 Å². The minimum absolute atomic E-state index is 0.0328. The number of fused-ring (bicyclic) bond motifs is 2. The Morgan fingerprint density at radius 2 is 1.44 bits per heavy atom. The third-order valence-electron chi connectivity index (χ3n) is 11.7. The van der Waals surface area contributed by atoms with Crippen LogP contribution in [0.3, 0.4) is 0 Å². The minimum atomic E-state index is -4.44. The summed E-state index contributed by atoms with van der Waals surface area (Å²) in [5, 5.41) is 3.44. The molecule has 1 amide bonds. The summed E-state index contributed by atoms with van der Waals surface area (Å²) in [6, 6.07) is 4.25. The van der Waals surface area contributed by atoms with E-state index in [0.29, 0.717) is 24.5 Å². The van der Waals surface area contributed by atoms with Crippen molar-refractivity contribution < 1.29 is 22.3 Å². The van der Waals surface area contributed by atoms with Gasteiger partial charge in [-0.25, -0.2) is 0 Å². The predicted molar refractivity (Wildman–Crippen MR) is 302 cm³/mol. The zero-order valence-corrected chi connectivity index (χ0v) is 49.4. The Kier molecular flexibility index (Phi) is 19.8. The number of piperazine rings is 1. The number of hydrogen-bond acceptors (Lipinski definition) is 7. The van der Waals surface area contributed by atoms with Gasteiger partial charge in [0.2, 0.25) is 11.6 Å². The van der Waals surface area contributed by atoms with E-state index < -0.39 is 21.4 Å². The van der Waals surface area contributed by atoms with E-state index in [-0.39, 0.29) is 17.7 Å². The number of rotatable bonds is 18. The van der Waals surface area contributed by atoms with Gasteiger partial charge in [0.1, 0.15) is 0 Å². The number of nitrogens with one attached hydrogen (secondary N) is 1. The highest BCUT2D eigenvalue weighted by Crippen LogP contribution is 2.51. The molecule has 1 fully saturated rings. The summed E-state index contributed by atoms with van der Waals surface area (Å²) in [6.07, 6.45) is 16.0.